The highest BCUT2D eigenvalue weighted by atomic mass is 35.5. The molecule has 1 atom stereocenters. The third-order valence-corrected chi connectivity index (χ3v) is 4.38. The first-order valence-electron chi connectivity index (χ1n) is 8.61. The number of hydrogen-bond donors (Lipinski definition) is 0. The molecule has 0 radical (unpaired) electrons. The van der Waals surface area contributed by atoms with Crippen molar-refractivity contribution in [1.29, 1.82) is 0 Å². The average Bonchev–Trinajstić information content (AvgIpc) is 2.68. The predicted octanol–water partition coefficient (Wildman–Crippen LogP) is 4.12. The summed E-state index contributed by atoms with van der Waals surface area (Å²) in [5.74, 6) is -4.16. The van der Waals surface area contributed by atoms with Crippen molar-refractivity contribution in [2.75, 3.05) is 6.61 Å². The third kappa shape index (κ3) is 5.05. The lowest BCUT2D eigenvalue weighted by Crippen LogP contribution is -2.24. The number of nitro groups is 1. The van der Waals surface area contributed by atoms with Crippen molar-refractivity contribution in [2.45, 2.75) is 25.9 Å². The Morgan fingerprint density at radius 1 is 1.29 bits per heavy atom. The van der Waals surface area contributed by atoms with Crippen LogP contribution in [0.5, 0.6) is 17.2 Å². The number of carbonyl (C=O) groups is 2. The Bertz CT molecular complexity index is 1040. The number of ether oxygens (including phenoxy) is 2. The van der Waals surface area contributed by atoms with E-state index in [1.54, 1.807) is 0 Å². The summed E-state index contributed by atoms with van der Waals surface area (Å²) >= 11 is 5.87. The van der Waals surface area contributed by atoms with Gasteiger partial charge in [-0.2, -0.15) is 13.2 Å². The number of carboxylic acids is 1. The highest BCUT2D eigenvalue weighted by Gasteiger charge is 2.33. The van der Waals surface area contributed by atoms with Crippen LogP contribution in [-0.4, -0.2) is 23.8 Å². The molecule has 0 aliphatic carbocycles. The van der Waals surface area contributed by atoms with Gasteiger partial charge in [-0.3, -0.25) is 10.1 Å². The van der Waals surface area contributed by atoms with E-state index in [1.807, 2.05) is 0 Å². The van der Waals surface area contributed by atoms with Crippen LogP contribution >= 0.6 is 11.6 Å². The molecule has 0 fully saturated rings. The van der Waals surface area contributed by atoms with Gasteiger partial charge in [-0.05, 0) is 25.1 Å². The topological polar surface area (TPSA) is 119 Å². The largest absolute Gasteiger partial charge is 0.545 e. The molecule has 2 aromatic carbocycles. The fourth-order valence-corrected chi connectivity index (χ4v) is 2.96. The van der Waals surface area contributed by atoms with Crippen LogP contribution < -0.4 is 14.6 Å². The fraction of sp³-hybridized carbons (Fsp3) is 0.263. The zero-order valence-corrected chi connectivity index (χ0v) is 16.7. The molecule has 2 rings (SSSR count). The Labute approximate surface area is 178 Å². The summed E-state index contributed by atoms with van der Waals surface area (Å²) in [7, 11) is 0. The van der Waals surface area contributed by atoms with Gasteiger partial charge in [0.2, 0.25) is 0 Å². The first kappa shape index (κ1) is 23.9. The number of aldehydes is 1. The van der Waals surface area contributed by atoms with Gasteiger partial charge in [-0.1, -0.05) is 18.5 Å². The predicted molar refractivity (Wildman–Crippen MR) is 99.6 cm³/mol. The summed E-state index contributed by atoms with van der Waals surface area (Å²) in [6.07, 6.45) is -4.33. The van der Waals surface area contributed by atoms with E-state index in [0.717, 1.165) is 12.1 Å². The van der Waals surface area contributed by atoms with Crippen LogP contribution in [0, 0.1) is 10.1 Å². The van der Waals surface area contributed by atoms with E-state index in [1.165, 1.54) is 13.8 Å². The monoisotopic (exact) mass is 460 g/mol. The standard InChI is InChI=1S/C19H15ClF3NO7/c1-3-30-17-14(31-13-5-4-10(6-12(13)20)19(21,22)23)7-11(18(26)27)16(24(28)29)15(17)9(2)8-25/h4-9H,3H2,1-2H3,(H,26,27)/p-1. The number of nitrogens with zero attached hydrogens (tertiary/aromatic N) is 1. The second-order valence-corrected chi connectivity index (χ2v) is 6.57. The molecule has 0 heterocycles. The summed E-state index contributed by atoms with van der Waals surface area (Å²) in [6, 6.07) is 2.90. The second kappa shape index (κ2) is 9.21. The van der Waals surface area contributed by atoms with E-state index < -0.39 is 50.6 Å². The van der Waals surface area contributed by atoms with Gasteiger partial charge in [0.1, 0.15) is 12.0 Å². The highest BCUT2D eigenvalue weighted by molar-refractivity contribution is 6.32. The Hall–Kier alpha value is -3.34. The molecule has 1 unspecified atom stereocenters. The van der Waals surface area contributed by atoms with Gasteiger partial charge in [0.25, 0.3) is 5.69 Å². The molecule has 8 nitrogen and oxygen atoms in total. The van der Waals surface area contributed by atoms with Gasteiger partial charge >= 0.3 is 6.18 Å². The Balaban J connectivity index is 2.77. The normalized spacial score (nSPS) is 12.2. The average molecular weight is 461 g/mol. The molecule has 0 spiro atoms. The minimum atomic E-state index is -4.67. The van der Waals surface area contributed by atoms with E-state index >= 15 is 0 Å². The molecule has 0 amide bonds. The maximum Gasteiger partial charge on any atom is 0.416 e. The number of rotatable bonds is 8. The molecule has 0 bridgehead atoms. The molecule has 31 heavy (non-hydrogen) atoms. The van der Waals surface area contributed by atoms with Crippen molar-refractivity contribution in [3.05, 3.63) is 56.1 Å². The first-order chi connectivity index (χ1) is 14.4. The van der Waals surface area contributed by atoms with Crippen LogP contribution in [0.2, 0.25) is 5.02 Å². The molecule has 0 N–H and O–H groups in total. The van der Waals surface area contributed by atoms with Crippen LogP contribution in [0.25, 0.3) is 0 Å². The number of hydrogen-bond acceptors (Lipinski definition) is 7. The molecule has 12 heteroatoms. The molecule has 166 valence electrons. The Morgan fingerprint density at radius 2 is 1.94 bits per heavy atom. The number of aromatic carboxylic acids is 1. The summed E-state index contributed by atoms with van der Waals surface area (Å²) < 4.78 is 49.4. The van der Waals surface area contributed by atoms with Crippen molar-refractivity contribution < 1.29 is 42.3 Å². The van der Waals surface area contributed by atoms with Gasteiger partial charge in [0.05, 0.1) is 39.2 Å². The van der Waals surface area contributed by atoms with E-state index in [-0.39, 0.29) is 23.7 Å². The van der Waals surface area contributed by atoms with E-state index in [9.17, 15) is 38.0 Å². The molecule has 0 aliphatic heterocycles. The number of benzene rings is 2. The van der Waals surface area contributed by atoms with Gasteiger partial charge in [0.15, 0.2) is 11.5 Å². The van der Waals surface area contributed by atoms with Crippen LogP contribution in [0.15, 0.2) is 24.3 Å². The lowest BCUT2D eigenvalue weighted by molar-refractivity contribution is -0.386. The SMILES string of the molecule is CCOc1c(Oc2ccc(C(F)(F)F)cc2Cl)cc(C(=O)[O-])c([N+](=O)[O-])c1C(C)C=O. The number of alkyl halides is 3. The lowest BCUT2D eigenvalue weighted by atomic mass is 9.95. The zero-order chi connectivity index (χ0) is 23.5. The maximum absolute atomic E-state index is 12.8. The summed E-state index contributed by atoms with van der Waals surface area (Å²) in [4.78, 5) is 33.4. The van der Waals surface area contributed by atoms with Crippen molar-refractivity contribution in [3.8, 4) is 17.2 Å². The molecular formula is C19H14ClF3NO7-. The Kier molecular flexibility index (Phi) is 7.11. The van der Waals surface area contributed by atoms with Crippen molar-refractivity contribution in [1.82, 2.24) is 0 Å². The summed E-state index contributed by atoms with van der Waals surface area (Å²) in [5.41, 5.74) is -3.27. The molecule has 0 saturated heterocycles. The van der Waals surface area contributed by atoms with Gasteiger partial charge in [0, 0.05) is 12.0 Å². The van der Waals surface area contributed by atoms with Gasteiger partial charge in [-0.15, -0.1) is 0 Å². The number of carbonyl (C=O) groups excluding carboxylic acids is 2. The summed E-state index contributed by atoms with van der Waals surface area (Å²) in [6.45, 7) is 2.73. The molecule has 0 saturated carbocycles. The lowest BCUT2D eigenvalue weighted by Gasteiger charge is -2.20. The van der Waals surface area contributed by atoms with Gasteiger partial charge in [-0.25, -0.2) is 0 Å². The molecular weight excluding hydrogens is 447 g/mol. The smallest absolute Gasteiger partial charge is 0.416 e. The van der Waals surface area contributed by atoms with Crippen LogP contribution in [-0.2, 0) is 11.0 Å². The van der Waals surface area contributed by atoms with E-state index in [2.05, 4.69) is 0 Å². The van der Waals surface area contributed by atoms with Crippen molar-refractivity contribution in [2.24, 2.45) is 0 Å². The first-order valence-corrected chi connectivity index (χ1v) is 8.99. The quantitative estimate of drug-likeness (QED) is 0.330. The van der Waals surface area contributed by atoms with Gasteiger partial charge < -0.3 is 24.2 Å². The molecule has 0 aromatic heterocycles. The fourth-order valence-electron chi connectivity index (χ4n) is 2.74. The third-order valence-electron chi connectivity index (χ3n) is 4.08. The van der Waals surface area contributed by atoms with Crippen molar-refractivity contribution in [3.63, 3.8) is 0 Å². The molecule has 2 aromatic rings. The highest BCUT2D eigenvalue weighted by Crippen LogP contribution is 2.46. The van der Waals surface area contributed by atoms with Crippen molar-refractivity contribution >= 4 is 29.5 Å². The Morgan fingerprint density at radius 3 is 2.39 bits per heavy atom. The zero-order valence-electron chi connectivity index (χ0n) is 16.0. The second-order valence-electron chi connectivity index (χ2n) is 6.16. The van der Waals surface area contributed by atoms with Crippen LogP contribution in [0.4, 0.5) is 18.9 Å². The number of carboxylic acid groups (broad SMARTS) is 1. The van der Waals surface area contributed by atoms with E-state index in [4.69, 9.17) is 21.1 Å². The number of halogens is 4. The number of nitro benzene ring substituents is 1. The minimum Gasteiger partial charge on any atom is -0.545 e. The molecule has 0 aliphatic rings. The summed E-state index contributed by atoms with van der Waals surface area (Å²) in [5, 5.41) is 22.6. The van der Waals surface area contributed by atoms with Crippen LogP contribution in [0.3, 0.4) is 0 Å². The minimum absolute atomic E-state index is 0.0580. The van der Waals surface area contributed by atoms with E-state index in [0.29, 0.717) is 18.4 Å². The van der Waals surface area contributed by atoms with Crippen LogP contribution in [0.1, 0.15) is 41.3 Å². The maximum atomic E-state index is 12.8.